The van der Waals surface area contributed by atoms with Gasteiger partial charge in [-0.2, -0.15) is 0 Å². The van der Waals surface area contributed by atoms with E-state index in [4.69, 9.17) is 0 Å². The van der Waals surface area contributed by atoms with Crippen LogP contribution in [0.15, 0.2) is 55.2 Å². The number of hydrogen-bond donors (Lipinski definition) is 0. The first kappa shape index (κ1) is 13.3. The van der Waals surface area contributed by atoms with Crippen LogP contribution in [-0.4, -0.2) is 32.2 Å². The van der Waals surface area contributed by atoms with Crippen molar-refractivity contribution in [1.82, 2.24) is 15.0 Å². The van der Waals surface area contributed by atoms with Crippen LogP contribution in [-0.2, 0) is 0 Å². The van der Waals surface area contributed by atoms with Crippen LogP contribution in [0.1, 0.15) is 10.4 Å². The number of nitrogens with zero attached hydrogens (tertiary/aromatic N) is 4. The first-order valence-corrected chi connectivity index (χ1v) is 6.98. The minimum absolute atomic E-state index is 0.218. The van der Waals surface area contributed by atoms with Crippen LogP contribution < -0.4 is 0 Å². The normalized spacial score (nSPS) is 10.3. The summed E-state index contributed by atoms with van der Waals surface area (Å²) in [6.07, 6.45) is 8.21. The molecule has 5 nitrogen and oxygen atoms in total. The predicted molar refractivity (Wildman–Crippen MR) is 81.0 cm³/mol. The molecule has 0 N–H and O–H groups in total. The zero-order chi connectivity index (χ0) is 14.7. The maximum atomic E-state index is 12.3. The van der Waals surface area contributed by atoms with Crippen molar-refractivity contribution >= 4 is 29.0 Å². The van der Waals surface area contributed by atoms with Gasteiger partial charge in [0.05, 0.1) is 0 Å². The first-order valence-electron chi connectivity index (χ1n) is 6.17. The summed E-state index contributed by atoms with van der Waals surface area (Å²) >= 11 is 1.39. The van der Waals surface area contributed by atoms with Crippen molar-refractivity contribution in [1.29, 1.82) is 0 Å². The highest BCUT2D eigenvalue weighted by Gasteiger charge is 2.23. The summed E-state index contributed by atoms with van der Waals surface area (Å²) in [5.41, 5.74) is 1.40. The molecule has 21 heavy (non-hydrogen) atoms. The molecule has 0 radical (unpaired) electrons. The molecule has 0 spiro atoms. The Kier molecular flexibility index (Phi) is 3.61. The molecule has 3 rings (SSSR count). The van der Waals surface area contributed by atoms with Crippen molar-refractivity contribution in [2.75, 3.05) is 0 Å². The van der Waals surface area contributed by atoms with E-state index >= 15 is 0 Å². The lowest BCUT2D eigenvalue weighted by Gasteiger charge is -1.95. The molecule has 0 aliphatic carbocycles. The third-order valence-corrected chi connectivity index (χ3v) is 3.89. The molecule has 0 atom stereocenters. The molecule has 0 saturated heterocycles. The van der Waals surface area contributed by atoms with Gasteiger partial charge < -0.3 is 0 Å². The molecule has 0 aliphatic heterocycles. The van der Waals surface area contributed by atoms with Gasteiger partial charge in [-0.1, -0.05) is 0 Å². The third-order valence-electron chi connectivity index (χ3n) is 2.82. The second-order valence-electron chi connectivity index (χ2n) is 4.22. The fraction of sp³-hybridized carbons (Fsp3) is 0. The standard InChI is InChI=1S/C15H11N4OS/c1-19(15(20)12-5-3-7-17-9-12)13-10-18-14(21-13)11-4-2-6-16-8-11/h2-10H,1H2/q+1. The van der Waals surface area contributed by atoms with Gasteiger partial charge in [0.2, 0.25) is 0 Å². The molecule has 0 bridgehead atoms. The van der Waals surface area contributed by atoms with Gasteiger partial charge in [-0.15, -0.1) is 4.58 Å². The van der Waals surface area contributed by atoms with Gasteiger partial charge in [-0.3, -0.25) is 9.97 Å². The molecule has 0 fully saturated rings. The lowest BCUT2D eigenvalue weighted by Crippen LogP contribution is -2.13. The Labute approximate surface area is 125 Å². The van der Waals surface area contributed by atoms with E-state index in [9.17, 15) is 4.79 Å². The number of pyridine rings is 2. The Balaban J connectivity index is 1.87. The zero-order valence-corrected chi connectivity index (χ0v) is 11.8. The summed E-state index contributed by atoms with van der Waals surface area (Å²) in [5, 5.41) is 1.47. The Hall–Kier alpha value is -2.73. The van der Waals surface area contributed by atoms with Crippen LogP contribution in [0.5, 0.6) is 0 Å². The minimum atomic E-state index is -0.218. The van der Waals surface area contributed by atoms with Gasteiger partial charge in [0.25, 0.3) is 5.00 Å². The van der Waals surface area contributed by atoms with E-state index in [-0.39, 0.29) is 5.91 Å². The number of carbonyl (C=O) groups excluding carboxylic acids is 1. The molecular formula is C15H11N4OS+. The van der Waals surface area contributed by atoms with Gasteiger partial charge in [0, 0.05) is 30.4 Å². The van der Waals surface area contributed by atoms with Gasteiger partial charge in [-0.05, 0) is 35.6 Å². The fourth-order valence-corrected chi connectivity index (χ4v) is 2.60. The predicted octanol–water partition coefficient (Wildman–Crippen LogP) is 2.79. The highest BCUT2D eigenvalue weighted by atomic mass is 32.1. The maximum Gasteiger partial charge on any atom is 0.426 e. The van der Waals surface area contributed by atoms with Crippen LogP contribution in [0, 0.1) is 0 Å². The molecule has 6 heteroatoms. The van der Waals surface area contributed by atoms with E-state index in [1.54, 1.807) is 36.9 Å². The third kappa shape index (κ3) is 2.75. The summed E-state index contributed by atoms with van der Waals surface area (Å²) in [4.78, 5) is 24.6. The molecule has 1 amide bonds. The number of thiazole rings is 1. The summed E-state index contributed by atoms with van der Waals surface area (Å²) in [7, 11) is 0. The number of hydrogen-bond acceptors (Lipinski definition) is 5. The maximum absolute atomic E-state index is 12.3. The first-order chi connectivity index (χ1) is 10.3. The summed E-state index contributed by atoms with van der Waals surface area (Å²) in [6, 6.07) is 7.19. The van der Waals surface area contributed by atoms with Gasteiger partial charge >= 0.3 is 5.91 Å². The van der Waals surface area contributed by atoms with E-state index in [2.05, 4.69) is 21.7 Å². The SMILES string of the molecule is C=[N+](C(=O)c1cccnc1)c1cnc(-c2cccnc2)s1. The van der Waals surface area contributed by atoms with Gasteiger partial charge in [0.1, 0.15) is 23.5 Å². The number of rotatable bonds is 3. The largest absolute Gasteiger partial charge is 0.426 e. The summed E-state index contributed by atoms with van der Waals surface area (Å²) in [6.45, 7) is 3.80. The molecule has 0 saturated carbocycles. The second-order valence-corrected chi connectivity index (χ2v) is 5.23. The summed E-state index contributed by atoms with van der Waals surface area (Å²) < 4.78 is 1.33. The number of aromatic nitrogens is 3. The topological polar surface area (TPSA) is 58.8 Å². The molecule has 3 heterocycles. The lowest BCUT2D eigenvalue weighted by molar-refractivity contribution is -0.320. The quantitative estimate of drug-likeness (QED) is 0.550. The highest BCUT2D eigenvalue weighted by Crippen LogP contribution is 2.29. The van der Waals surface area contributed by atoms with Crippen LogP contribution in [0.2, 0.25) is 0 Å². The van der Waals surface area contributed by atoms with Gasteiger partial charge in [0.15, 0.2) is 0 Å². The highest BCUT2D eigenvalue weighted by molar-refractivity contribution is 7.18. The lowest BCUT2D eigenvalue weighted by atomic mass is 10.3. The van der Waals surface area contributed by atoms with E-state index in [0.29, 0.717) is 10.6 Å². The molecule has 102 valence electrons. The molecule has 0 aliphatic rings. The van der Waals surface area contributed by atoms with Crippen molar-refractivity contribution in [2.24, 2.45) is 0 Å². The van der Waals surface area contributed by atoms with Crippen molar-refractivity contribution in [3.05, 3.63) is 60.8 Å². The average Bonchev–Trinajstić information content (AvgIpc) is 3.05. The Morgan fingerprint density at radius 2 is 1.86 bits per heavy atom. The van der Waals surface area contributed by atoms with Crippen molar-refractivity contribution in [3.8, 4) is 10.6 Å². The van der Waals surface area contributed by atoms with Gasteiger partial charge in [-0.25, -0.2) is 9.78 Å². The molecule has 3 aromatic heterocycles. The van der Waals surface area contributed by atoms with Crippen LogP contribution in [0.4, 0.5) is 5.00 Å². The monoisotopic (exact) mass is 295 g/mol. The Morgan fingerprint density at radius 1 is 1.10 bits per heavy atom. The summed E-state index contributed by atoms with van der Waals surface area (Å²) in [5.74, 6) is -0.218. The van der Waals surface area contributed by atoms with Crippen molar-refractivity contribution in [2.45, 2.75) is 0 Å². The minimum Gasteiger partial charge on any atom is -0.264 e. The molecule has 3 aromatic rings. The molecular weight excluding hydrogens is 284 g/mol. The average molecular weight is 295 g/mol. The fourth-order valence-electron chi connectivity index (χ4n) is 1.76. The zero-order valence-electron chi connectivity index (χ0n) is 11.0. The van der Waals surface area contributed by atoms with Crippen molar-refractivity contribution < 1.29 is 9.37 Å². The van der Waals surface area contributed by atoms with Crippen LogP contribution in [0.25, 0.3) is 10.6 Å². The van der Waals surface area contributed by atoms with E-state index in [0.717, 1.165) is 10.6 Å². The van der Waals surface area contributed by atoms with E-state index in [1.807, 2.05) is 12.1 Å². The molecule has 0 aromatic carbocycles. The number of amides is 1. The Bertz CT molecular complexity index is 784. The number of carbonyl (C=O) groups is 1. The van der Waals surface area contributed by atoms with E-state index in [1.165, 1.54) is 22.1 Å². The van der Waals surface area contributed by atoms with Crippen LogP contribution >= 0.6 is 11.3 Å². The Morgan fingerprint density at radius 3 is 2.52 bits per heavy atom. The van der Waals surface area contributed by atoms with E-state index < -0.39 is 0 Å². The smallest absolute Gasteiger partial charge is 0.264 e. The van der Waals surface area contributed by atoms with Crippen molar-refractivity contribution in [3.63, 3.8) is 0 Å². The second kappa shape index (κ2) is 5.72. The van der Waals surface area contributed by atoms with Crippen LogP contribution in [0.3, 0.4) is 0 Å². The molecule has 0 unspecified atom stereocenters.